The smallest absolute Gasteiger partial charge is 0.326 e. The standard InChI is InChI=1S/C16H16N2O4/c1-10(16(20)21)18(12-7-8-12)15(19)14-9-13(17-22-14)11-5-3-2-4-6-11/h2-6,9-10,12H,7-8H2,1H3,(H,20,21). The van der Waals surface area contributed by atoms with Gasteiger partial charge in [-0.15, -0.1) is 0 Å². The Labute approximate surface area is 127 Å². The zero-order valence-electron chi connectivity index (χ0n) is 12.1. The van der Waals surface area contributed by atoms with E-state index >= 15 is 0 Å². The predicted octanol–water partition coefficient (Wildman–Crippen LogP) is 2.42. The zero-order chi connectivity index (χ0) is 15.7. The van der Waals surface area contributed by atoms with Gasteiger partial charge in [-0.05, 0) is 19.8 Å². The largest absolute Gasteiger partial charge is 0.480 e. The Hall–Kier alpha value is -2.63. The fraction of sp³-hybridized carbons (Fsp3) is 0.312. The first-order valence-corrected chi connectivity index (χ1v) is 7.15. The monoisotopic (exact) mass is 300 g/mol. The van der Waals surface area contributed by atoms with Crippen molar-refractivity contribution in [3.05, 3.63) is 42.2 Å². The van der Waals surface area contributed by atoms with Crippen LogP contribution in [0.15, 0.2) is 40.9 Å². The van der Waals surface area contributed by atoms with Crippen molar-refractivity contribution >= 4 is 11.9 Å². The number of hydrogen-bond donors (Lipinski definition) is 1. The quantitative estimate of drug-likeness (QED) is 0.916. The van der Waals surface area contributed by atoms with Crippen molar-refractivity contribution in [1.82, 2.24) is 10.1 Å². The molecule has 1 amide bonds. The van der Waals surface area contributed by atoms with Crippen LogP contribution in [-0.4, -0.2) is 39.1 Å². The van der Waals surface area contributed by atoms with Gasteiger partial charge >= 0.3 is 5.97 Å². The number of carbonyl (C=O) groups is 2. The Morgan fingerprint density at radius 1 is 1.32 bits per heavy atom. The average molecular weight is 300 g/mol. The average Bonchev–Trinajstić information content (AvgIpc) is 3.23. The van der Waals surface area contributed by atoms with E-state index in [0.717, 1.165) is 18.4 Å². The molecule has 0 spiro atoms. The molecule has 6 heteroatoms. The summed E-state index contributed by atoms with van der Waals surface area (Å²) in [5.41, 5.74) is 1.40. The molecule has 3 rings (SSSR count). The molecule has 0 bridgehead atoms. The molecule has 1 aromatic carbocycles. The number of benzene rings is 1. The number of rotatable bonds is 5. The SMILES string of the molecule is CC(C(=O)O)N(C(=O)c1cc(-c2ccccc2)no1)C1CC1. The lowest BCUT2D eigenvalue weighted by Crippen LogP contribution is -2.44. The molecule has 1 aromatic heterocycles. The molecule has 6 nitrogen and oxygen atoms in total. The van der Waals surface area contributed by atoms with E-state index in [9.17, 15) is 9.59 Å². The third kappa shape index (κ3) is 2.72. The first-order chi connectivity index (χ1) is 10.6. The maximum Gasteiger partial charge on any atom is 0.326 e. The van der Waals surface area contributed by atoms with Gasteiger partial charge in [-0.2, -0.15) is 0 Å². The molecule has 2 aromatic rings. The Bertz CT molecular complexity index is 691. The summed E-state index contributed by atoms with van der Waals surface area (Å²) in [6.07, 6.45) is 1.64. The first-order valence-electron chi connectivity index (χ1n) is 7.15. The molecule has 1 N–H and O–H groups in total. The van der Waals surface area contributed by atoms with E-state index in [0.29, 0.717) is 5.69 Å². The van der Waals surface area contributed by atoms with Crippen molar-refractivity contribution in [2.75, 3.05) is 0 Å². The van der Waals surface area contributed by atoms with Crippen molar-refractivity contribution in [3.63, 3.8) is 0 Å². The Morgan fingerprint density at radius 2 is 2.00 bits per heavy atom. The van der Waals surface area contributed by atoms with E-state index in [2.05, 4.69) is 5.16 Å². The van der Waals surface area contributed by atoms with Crippen LogP contribution in [-0.2, 0) is 4.79 Å². The molecule has 22 heavy (non-hydrogen) atoms. The summed E-state index contributed by atoms with van der Waals surface area (Å²) < 4.78 is 5.14. The van der Waals surface area contributed by atoms with Crippen LogP contribution in [0.25, 0.3) is 11.3 Å². The van der Waals surface area contributed by atoms with Gasteiger partial charge in [0.05, 0.1) is 0 Å². The molecule has 1 fully saturated rings. The Balaban J connectivity index is 1.85. The van der Waals surface area contributed by atoms with Crippen molar-refractivity contribution in [3.8, 4) is 11.3 Å². The van der Waals surface area contributed by atoms with Gasteiger partial charge in [-0.25, -0.2) is 4.79 Å². The summed E-state index contributed by atoms with van der Waals surface area (Å²) >= 11 is 0. The molecule has 0 aliphatic heterocycles. The van der Waals surface area contributed by atoms with E-state index in [4.69, 9.17) is 9.63 Å². The van der Waals surface area contributed by atoms with Crippen molar-refractivity contribution in [2.24, 2.45) is 0 Å². The van der Waals surface area contributed by atoms with Crippen LogP contribution in [0, 0.1) is 0 Å². The van der Waals surface area contributed by atoms with Crippen LogP contribution < -0.4 is 0 Å². The summed E-state index contributed by atoms with van der Waals surface area (Å²) in [5, 5.41) is 13.1. The van der Waals surface area contributed by atoms with Crippen molar-refractivity contribution in [1.29, 1.82) is 0 Å². The number of carboxylic acid groups (broad SMARTS) is 1. The first kappa shape index (κ1) is 14.3. The van der Waals surface area contributed by atoms with Crippen LogP contribution in [0.5, 0.6) is 0 Å². The topological polar surface area (TPSA) is 83.6 Å². The molecule has 0 saturated heterocycles. The van der Waals surface area contributed by atoms with Crippen molar-refractivity contribution in [2.45, 2.75) is 31.8 Å². The van der Waals surface area contributed by atoms with E-state index in [1.165, 1.54) is 11.8 Å². The highest BCUT2D eigenvalue weighted by molar-refractivity contribution is 5.95. The number of amides is 1. The molecule has 1 aliphatic carbocycles. The third-order valence-corrected chi connectivity index (χ3v) is 3.74. The predicted molar refractivity (Wildman–Crippen MR) is 78.2 cm³/mol. The number of carboxylic acids is 1. The highest BCUT2D eigenvalue weighted by Gasteiger charge is 2.40. The number of carbonyl (C=O) groups excluding carboxylic acids is 1. The van der Waals surface area contributed by atoms with E-state index in [1.54, 1.807) is 6.07 Å². The normalized spacial score (nSPS) is 15.3. The minimum absolute atomic E-state index is 0.0242. The number of nitrogens with zero attached hydrogens (tertiary/aromatic N) is 2. The number of aromatic nitrogens is 1. The second-order valence-electron chi connectivity index (χ2n) is 5.40. The van der Waals surface area contributed by atoms with E-state index in [-0.39, 0.29) is 11.8 Å². The van der Waals surface area contributed by atoms with Crippen LogP contribution >= 0.6 is 0 Å². The molecule has 1 unspecified atom stereocenters. The molecule has 1 saturated carbocycles. The Morgan fingerprint density at radius 3 is 2.59 bits per heavy atom. The van der Waals surface area contributed by atoms with Crippen LogP contribution in [0.4, 0.5) is 0 Å². The minimum Gasteiger partial charge on any atom is -0.480 e. The van der Waals surface area contributed by atoms with Crippen LogP contribution in [0.1, 0.15) is 30.3 Å². The molecule has 0 radical (unpaired) electrons. The lowest BCUT2D eigenvalue weighted by molar-refractivity contribution is -0.141. The highest BCUT2D eigenvalue weighted by atomic mass is 16.5. The van der Waals surface area contributed by atoms with Gasteiger partial charge < -0.3 is 14.5 Å². The molecular formula is C16H16N2O4. The van der Waals surface area contributed by atoms with Crippen molar-refractivity contribution < 1.29 is 19.2 Å². The van der Waals surface area contributed by atoms with E-state index < -0.39 is 17.9 Å². The lowest BCUT2D eigenvalue weighted by Gasteiger charge is -2.25. The van der Waals surface area contributed by atoms with Gasteiger partial charge in [0, 0.05) is 17.7 Å². The highest BCUT2D eigenvalue weighted by Crippen LogP contribution is 2.31. The fourth-order valence-electron chi connectivity index (χ4n) is 2.38. The van der Waals surface area contributed by atoms with Gasteiger partial charge in [0.1, 0.15) is 11.7 Å². The zero-order valence-corrected chi connectivity index (χ0v) is 12.1. The maximum atomic E-state index is 12.5. The summed E-state index contributed by atoms with van der Waals surface area (Å²) in [6, 6.07) is 10.0. The van der Waals surface area contributed by atoms with Gasteiger partial charge in [-0.3, -0.25) is 4.79 Å². The molecule has 1 heterocycles. The van der Waals surface area contributed by atoms with Gasteiger partial charge in [0.25, 0.3) is 5.91 Å². The second kappa shape index (κ2) is 5.63. The van der Waals surface area contributed by atoms with Gasteiger partial charge in [0.2, 0.25) is 5.76 Å². The second-order valence-corrected chi connectivity index (χ2v) is 5.40. The Kier molecular flexibility index (Phi) is 3.66. The lowest BCUT2D eigenvalue weighted by atomic mass is 10.1. The minimum atomic E-state index is -1.02. The number of hydrogen-bond acceptors (Lipinski definition) is 4. The van der Waals surface area contributed by atoms with Gasteiger partial charge in [0.15, 0.2) is 0 Å². The third-order valence-electron chi connectivity index (χ3n) is 3.74. The van der Waals surface area contributed by atoms with Gasteiger partial charge in [-0.1, -0.05) is 35.5 Å². The van der Waals surface area contributed by atoms with Crippen LogP contribution in [0.2, 0.25) is 0 Å². The fourth-order valence-corrected chi connectivity index (χ4v) is 2.38. The maximum absolute atomic E-state index is 12.5. The number of aliphatic carboxylic acids is 1. The molecule has 1 atom stereocenters. The van der Waals surface area contributed by atoms with Crippen LogP contribution in [0.3, 0.4) is 0 Å². The summed E-state index contributed by atoms with van der Waals surface area (Å²) in [6.45, 7) is 1.51. The summed E-state index contributed by atoms with van der Waals surface area (Å²) in [5.74, 6) is -1.38. The molecule has 1 aliphatic rings. The summed E-state index contributed by atoms with van der Waals surface area (Å²) in [7, 11) is 0. The summed E-state index contributed by atoms with van der Waals surface area (Å²) in [4.78, 5) is 25.1. The molecule has 114 valence electrons. The van der Waals surface area contributed by atoms with E-state index in [1.807, 2.05) is 30.3 Å². The molecular weight excluding hydrogens is 284 g/mol.